The van der Waals surface area contributed by atoms with Crippen LogP contribution in [0.5, 0.6) is 5.75 Å². The molecule has 0 bridgehead atoms. The van der Waals surface area contributed by atoms with Crippen LogP contribution >= 0.6 is 0 Å². The SMILES string of the molecule is COc1ccc(NC(=O)N2CC(O)C[C@H]2C(=O)O)c(C)c1. The van der Waals surface area contributed by atoms with Gasteiger partial charge in [-0.05, 0) is 30.7 Å². The number of urea groups is 1. The molecule has 2 atom stereocenters. The summed E-state index contributed by atoms with van der Waals surface area (Å²) in [5.41, 5.74) is 1.38. The molecule has 21 heavy (non-hydrogen) atoms. The maximum absolute atomic E-state index is 12.2. The van der Waals surface area contributed by atoms with Gasteiger partial charge in [0.1, 0.15) is 11.8 Å². The number of methoxy groups -OCH3 is 1. The number of aliphatic hydroxyl groups is 1. The first-order valence-electron chi connectivity index (χ1n) is 6.55. The summed E-state index contributed by atoms with van der Waals surface area (Å²) >= 11 is 0. The summed E-state index contributed by atoms with van der Waals surface area (Å²) in [4.78, 5) is 24.4. The Morgan fingerprint density at radius 3 is 2.71 bits per heavy atom. The van der Waals surface area contributed by atoms with E-state index in [2.05, 4.69) is 5.32 Å². The monoisotopic (exact) mass is 294 g/mol. The summed E-state index contributed by atoms with van der Waals surface area (Å²) in [7, 11) is 1.55. The second kappa shape index (κ2) is 6.01. The molecule has 7 nitrogen and oxygen atoms in total. The molecule has 3 N–H and O–H groups in total. The molecule has 1 saturated heterocycles. The Labute approximate surface area is 122 Å². The topological polar surface area (TPSA) is 99.1 Å². The van der Waals surface area contributed by atoms with Gasteiger partial charge in [-0.2, -0.15) is 0 Å². The number of aryl methyl sites for hydroxylation is 1. The van der Waals surface area contributed by atoms with Gasteiger partial charge in [0.2, 0.25) is 0 Å². The van der Waals surface area contributed by atoms with Gasteiger partial charge in [-0.3, -0.25) is 0 Å². The van der Waals surface area contributed by atoms with Crippen molar-refractivity contribution in [3.05, 3.63) is 23.8 Å². The van der Waals surface area contributed by atoms with Crippen LogP contribution in [0.25, 0.3) is 0 Å². The van der Waals surface area contributed by atoms with E-state index in [0.717, 1.165) is 10.5 Å². The molecule has 0 spiro atoms. The van der Waals surface area contributed by atoms with Crippen LogP contribution in [0.4, 0.5) is 10.5 Å². The van der Waals surface area contributed by atoms with Crippen molar-refractivity contribution in [2.75, 3.05) is 19.0 Å². The van der Waals surface area contributed by atoms with E-state index in [4.69, 9.17) is 9.84 Å². The number of carbonyl (C=O) groups is 2. The third-order valence-corrected chi connectivity index (χ3v) is 3.50. The molecular weight excluding hydrogens is 276 g/mol. The molecule has 1 aromatic carbocycles. The molecule has 1 unspecified atom stereocenters. The van der Waals surface area contributed by atoms with Crippen molar-refractivity contribution in [1.82, 2.24) is 4.90 Å². The lowest BCUT2D eigenvalue weighted by atomic mass is 10.2. The summed E-state index contributed by atoms with van der Waals surface area (Å²) < 4.78 is 5.08. The van der Waals surface area contributed by atoms with Gasteiger partial charge in [0.05, 0.1) is 13.2 Å². The predicted octanol–water partition coefficient (Wildman–Crippen LogP) is 1.06. The van der Waals surface area contributed by atoms with Crippen LogP contribution in [-0.4, -0.2) is 52.9 Å². The maximum atomic E-state index is 12.2. The first-order valence-corrected chi connectivity index (χ1v) is 6.55. The molecule has 0 aromatic heterocycles. The van der Waals surface area contributed by atoms with Crippen LogP contribution in [0, 0.1) is 6.92 Å². The Morgan fingerprint density at radius 2 is 2.14 bits per heavy atom. The van der Waals surface area contributed by atoms with E-state index in [1.54, 1.807) is 25.3 Å². The van der Waals surface area contributed by atoms with Crippen LogP contribution in [0.15, 0.2) is 18.2 Å². The Balaban J connectivity index is 2.12. The highest BCUT2D eigenvalue weighted by molar-refractivity contribution is 5.93. The van der Waals surface area contributed by atoms with E-state index in [1.807, 2.05) is 6.92 Å². The lowest BCUT2D eigenvalue weighted by molar-refractivity contribution is -0.141. The molecule has 1 aromatic rings. The van der Waals surface area contributed by atoms with Crippen LogP contribution in [0.2, 0.25) is 0 Å². The number of ether oxygens (including phenoxy) is 1. The molecule has 1 aliphatic heterocycles. The van der Waals surface area contributed by atoms with Crippen LogP contribution in [0.3, 0.4) is 0 Å². The maximum Gasteiger partial charge on any atom is 0.326 e. The van der Waals surface area contributed by atoms with Gasteiger partial charge in [-0.1, -0.05) is 0 Å². The van der Waals surface area contributed by atoms with E-state index < -0.39 is 24.1 Å². The van der Waals surface area contributed by atoms with E-state index in [-0.39, 0.29) is 13.0 Å². The second-order valence-corrected chi connectivity index (χ2v) is 5.01. The lowest BCUT2D eigenvalue weighted by Gasteiger charge is -2.22. The van der Waals surface area contributed by atoms with Crippen molar-refractivity contribution >= 4 is 17.7 Å². The second-order valence-electron chi connectivity index (χ2n) is 5.01. The minimum atomic E-state index is -1.12. The molecule has 1 heterocycles. The lowest BCUT2D eigenvalue weighted by Crippen LogP contribution is -2.43. The van der Waals surface area contributed by atoms with Crippen molar-refractivity contribution in [3.8, 4) is 5.75 Å². The summed E-state index contributed by atoms with van der Waals surface area (Å²) in [5.74, 6) is -0.446. The summed E-state index contributed by atoms with van der Waals surface area (Å²) in [6.07, 6.45) is -0.765. The zero-order valence-electron chi connectivity index (χ0n) is 11.9. The number of carboxylic acid groups (broad SMARTS) is 1. The predicted molar refractivity (Wildman–Crippen MR) is 75.5 cm³/mol. The van der Waals surface area contributed by atoms with Crippen molar-refractivity contribution in [2.24, 2.45) is 0 Å². The molecular formula is C14H18N2O5. The van der Waals surface area contributed by atoms with Crippen molar-refractivity contribution in [2.45, 2.75) is 25.5 Å². The number of likely N-dealkylation sites (tertiary alicyclic amines) is 1. The van der Waals surface area contributed by atoms with Crippen LogP contribution in [0.1, 0.15) is 12.0 Å². The number of benzene rings is 1. The number of carbonyl (C=O) groups excluding carboxylic acids is 1. The third kappa shape index (κ3) is 3.25. The molecule has 1 aliphatic rings. The number of rotatable bonds is 3. The van der Waals surface area contributed by atoms with Crippen molar-refractivity contribution < 1.29 is 24.5 Å². The molecule has 0 saturated carbocycles. The van der Waals surface area contributed by atoms with Crippen LogP contribution < -0.4 is 10.1 Å². The van der Waals surface area contributed by atoms with Gasteiger partial charge < -0.3 is 25.2 Å². The van der Waals surface area contributed by atoms with Gasteiger partial charge in [0.15, 0.2) is 0 Å². The number of carboxylic acids is 1. The Kier molecular flexibility index (Phi) is 4.32. The molecule has 2 amide bonds. The molecule has 114 valence electrons. The number of β-amino-alcohol motifs (C(OH)–C–C–N with tert-alkyl or cyclic N) is 1. The zero-order chi connectivity index (χ0) is 15.6. The number of anilines is 1. The average Bonchev–Trinajstić information content (AvgIpc) is 2.83. The first-order chi connectivity index (χ1) is 9.92. The summed E-state index contributed by atoms with van der Waals surface area (Å²) in [6.45, 7) is 1.82. The number of nitrogens with one attached hydrogen (secondary N) is 1. The summed E-state index contributed by atoms with van der Waals surface area (Å²) in [5, 5.41) is 21.3. The first kappa shape index (κ1) is 15.1. The van der Waals surface area contributed by atoms with Gasteiger partial charge >= 0.3 is 12.0 Å². The van der Waals surface area contributed by atoms with Crippen LogP contribution in [-0.2, 0) is 4.79 Å². The number of amides is 2. The Morgan fingerprint density at radius 1 is 1.43 bits per heavy atom. The highest BCUT2D eigenvalue weighted by Crippen LogP contribution is 2.23. The summed E-state index contributed by atoms with van der Waals surface area (Å²) in [6, 6.07) is 3.62. The number of aliphatic carboxylic acids is 1. The van der Waals surface area contributed by atoms with Crippen molar-refractivity contribution in [1.29, 1.82) is 0 Å². The fraction of sp³-hybridized carbons (Fsp3) is 0.429. The minimum absolute atomic E-state index is 0.0119. The van der Waals surface area contributed by atoms with Gasteiger partial charge in [-0.15, -0.1) is 0 Å². The third-order valence-electron chi connectivity index (χ3n) is 3.50. The fourth-order valence-corrected chi connectivity index (χ4v) is 2.36. The van der Waals surface area contributed by atoms with Gasteiger partial charge in [0, 0.05) is 18.7 Å². The minimum Gasteiger partial charge on any atom is -0.497 e. The van der Waals surface area contributed by atoms with E-state index in [1.165, 1.54) is 0 Å². The quantitative estimate of drug-likeness (QED) is 0.774. The zero-order valence-corrected chi connectivity index (χ0v) is 11.9. The van der Waals surface area contributed by atoms with Gasteiger partial charge in [0.25, 0.3) is 0 Å². The highest BCUT2D eigenvalue weighted by atomic mass is 16.5. The van der Waals surface area contributed by atoms with E-state index in [0.29, 0.717) is 11.4 Å². The number of hydrogen-bond donors (Lipinski definition) is 3. The largest absolute Gasteiger partial charge is 0.497 e. The normalized spacial score (nSPS) is 21.2. The van der Waals surface area contributed by atoms with E-state index >= 15 is 0 Å². The molecule has 1 fully saturated rings. The molecule has 2 rings (SSSR count). The Bertz CT molecular complexity index is 560. The number of hydrogen-bond acceptors (Lipinski definition) is 4. The standard InChI is InChI=1S/C14H18N2O5/c1-8-5-10(21-2)3-4-11(8)15-14(20)16-7-9(17)6-12(16)13(18)19/h3-5,9,12,17H,6-7H2,1-2H3,(H,15,20)(H,18,19)/t9?,12-/m0/s1. The van der Waals surface area contributed by atoms with Crippen molar-refractivity contribution in [3.63, 3.8) is 0 Å². The molecule has 7 heteroatoms. The highest BCUT2D eigenvalue weighted by Gasteiger charge is 2.39. The van der Waals surface area contributed by atoms with Gasteiger partial charge in [-0.25, -0.2) is 9.59 Å². The number of nitrogens with zero attached hydrogens (tertiary/aromatic N) is 1. The molecule has 0 radical (unpaired) electrons. The Hall–Kier alpha value is -2.28. The fourth-order valence-electron chi connectivity index (χ4n) is 2.36. The number of aliphatic hydroxyl groups excluding tert-OH is 1. The average molecular weight is 294 g/mol. The smallest absolute Gasteiger partial charge is 0.326 e. The van der Waals surface area contributed by atoms with E-state index in [9.17, 15) is 14.7 Å². The molecule has 0 aliphatic carbocycles.